The Labute approximate surface area is 159 Å². The summed E-state index contributed by atoms with van der Waals surface area (Å²) in [6.07, 6.45) is 3.11. The largest absolute Gasteiger partial charge is 0.326 e. The smallest absolute Gasteiger partial charge is 0.280 e. The quantitative estimate of drug-likeness (QED) is 0.824. The third kappa shape index (κ3) is 4.14. The summed E-state index contributed by atoms with van der Waals surface area (Å²) in [4.78, 5) is 14.8. The van der Waals surface area contributed by atoms with Gasteiger partial charge in [-0.3, -0.25) is 4.79 Å². The maximum absolute atomic E-state index is 12.4. The predicted molar refractivity (Wildman–Crippen MR) is 106 cm³/mol. The molecule has 1 aliphatic carbocycles. The zero-order valence-electron chi connectivity index (χ0n) is 15.7. The molecule has 2 N–H and O–H groups in total. The van der Waals surface area contributed by atoms with Crippen LogP contribution in [0.3, 0.4) is 0 Å². The monoisotopic (exact) mass is 368 g/mol. The fraction of sp³-hybridized carbons (Fsp3) is 0.429. The molecule has 3 rings (SSSR count). The van der Waals surface area contributed by atoms with Crippen LogP contribution in [0.5, 0.6) is 0 Å². The van der Waals surface area contributed by atoms with E-state index in [1.165, 1.54) is 16.0 Å². The van der Waals surface area contributed by atoms with Crippen LogP contribution in [-0.4, -0.2) is 19.5 Å². The van der Waals surface area contributed by atoms with E-state index >= 15 is 0 Å². The van der Waals surface area contributed by atoms with Gasteiger partial charge in [0.1, 0.15) is 17.6 Å². The summed E-state index contributed by atoms with van der Waals surface area (Å²) in [6.45, 7) is 5.57. The third-order valence-corrected chi connectivity index (χ3v) is 6.11. The van der Waals surface area contributed by atoms with Crippen molar-refractivity contribution < 1.29 is 9.69 Å². The second-order valence-electron chi connectivity index (χ2n) is 7.43. The maximum atomic E-state index is 12.4. The van der Waals surface area contributed by atoms with Gasteiger partial charge in [0.25, 0.3) is 5.91 Å². The van der Waals surface area contributed by atoms with E-state index in [-0.39, 0.29) is 5.91 Å². The van der Waals surface area contributed by atoms with Crippen molar-refractivity contribution in [2.24, 2.45) is 0 Å². The van der Waals surface area contributed by atoms with Gasteiger partial charge in [-0.1, -0.05) is 38.1 Å². The minimum absolute atomic E-state index is 0.0299. The van der Waals surface area contributed by atoms with Crippen LogP contribution in [0, 0.1) is 11.3 Å². The Morgan fingerprint density at radius 3 is 2.69 bits per heavy atom. The van der Waals surface area contributed by atoms with Gasteiger partial charge in [-0.2, -0.15) is 5.26 Å². The average Bonchev–Trinajstić information content (AvgIpc) is 3.15. The van der Waals surface area contributed by atoms with Crippen molar-refractivity contribution in [2.45, 2.75) is 45.6 Å². The van der Waals surface area contributed by atoms with Crippen LogP contribution in [0.1, 0.15) is 53.3 Å². The number of benzene rings is 1. The molecule has 2 aromatic rings. The summed E-state index contributed by atoms with van der Waals surface area (Å²) in [5.74, 6) is 0.499. The highest BCUT2D eigenvalue weighted by molar-refractivity contribution is 7.16. The first-order chi connectivity index (χ1) is 12.5. The maximum Gasteiger partial charge on any atom is 0.280 e. The number of hydrogen-bond acceptors (Lipinski definition) is 3. The van der Waals surface area contributed by atoms with E-state index in [1.54, 1.807) is 11.3 Å². The Hall–Kier alpha value is -2.16. The van der Waals surface area contributed by atoms with Gasteiger partial charge >= 0.3 is 0 Å². The molecular weight excluding hydrogens is 342 g/mol. The summed E-state index contributed by atoms with van der Waals surface area (Å²) in [5, 5.41) is 13.1. The molecule has 136 valence electrons. The molecule has 0 aliphatic heterocycles. The van der Waals surface area contributed by atoms with E-state index < -0.39 is 0 Å². The number of fused-ring (bicyclic) bond motifs is 1. The molecule has 4 nitrogen and oxygen atoms in total. The van der Waals surface area contributed by atoms with Crippen molar-refractivity contribution in [2.75, 3.05) is 18.9 Å². The lowest BCUT2D eigenvalue weighted by atomic mass is 10.0. The lowest BCUT2D eigenvalue weighted by Gasteiger charge is -2.14. The molecule has 0 radical (unpaired) electrons. The normalized spacial score (nSPS) is 14.1. The van der Waals surface area contributed by atoms with Crippen molar-refractivity contribution in [3.63, 3.8) is 0 Å². The molecule has 5 heteroatoms. The second-order valence-corrected chi connectivity index (χ2v) is 8.53. The van der Waals surface area contributed by atoms with Crippen molar-refractivity contribution in [1.29, 1.82) is 5.26 Å². The molecule has 0 saturated carbocycles. The van der Waals surface area contributed by atoms with E-state index in [1.807, 2.05) is 7.05 Å². The lowest BCUT2D eigenvalue weighted by molar-refractivity contribution is -0.885. The molecule has 1 heterocycles. The number of quaternary nitrogens is 1. The summed E-state index contributed by atoms with van der Waals surface area (Å²) < 4.78 is 0. The number of hydrogen-bond donors (Lipinski definition) is 2. The van der Waals surface area contributed by atoms with Gasteiger partial charge in [0.15, 0.2) is 6.54 Å². The van der Waals surface area contributed by atoms with Crippen LogP contribution in [0.4, 0.5) is 5.00 Å². The van der Waals surface area contributed by atoms with E-state index in [0.717, 1.165) is 41.3 Å². The minimum atomic E-state index is -0.0299. The van der Waals surface area contributed by atoms with Crippen LogP contribution in [-0.2, 0) is 24.2 Å². The third-order valence-electron chi connectivity index (χ3n) is 4.90. The fourth-order valence-electron chi connectivity index (χ4n) is 3.49. The number of rotatable bonds is 6. The van der Waals surface area contributed by atoms with E-state index in [9.17, 15) is 10.1 Å². The second kappa shape index (κ2) is 8.03. The molecule has 0 spiro atoms. The molecular formula is C21H26N3OS+. The molecule has 1 amide bonds. The molecule has 1 aliphatic rings. The number of nitrogens with one attached hydrogen (secondary N) is 2. The van der Waals surface area contributed by atoms with Crippen molar-refractivity contribution in [3.8, 4) is 6.07 Å². The van der Waals surface area contributed by atoms with Crippen molar-refractivity contribution in [3.05, 3.63) is 51.4 Å². The molecule has 26 heavy (non-hydrogen) atoms. The predicted octanol–water partition coefficient (Wildman–Crippen LogP) is 2.89. The van der Waals surface area contributed by atoms with Gasteiger partial charge < -0.3 is 10.2 Å². The summed E-state index contributed by atoms with van der Waals surface area (Å²) >= 11 is 1.57. The molecule has 1 atom stereocenters. The van der Waals surface area contributed by atoms with Gasteiger partial charge in [0, 0.05) is 10.4 Å². The van der Waals surface area contributed by atoms with Crippen LogP contribution >= 0.6 is 11.3 Å². The first-order valence-electron chi connectivity index (χ1n) is 9.22. The van der Waals surface area contributed by atoms with E-state index in [2.05, 4.69) is 49.5 Å². The first kappa shape index (κ1) is 18.6. The van der Waals surface area contributed by atoms with Gasteiger partial charge in [0.2, 0.25) is 0 Å². The van der Waals surface area contributed by atoms with Gasteiger partial charge in [-0.25, -0.2) is 0 Å². The Morgan fingerprint density at radius 2 is 2.04 bits per heavy atom. The zero-order chi connectivity index (χ0) is 18.7. The molecule has 0 bridgehead atoms. The summed E-state index contributed by atoms with van der Waals surface area (Å²) in [6, 6.07) is 10.9. The average molecular weight is 369 g/mol. The van der Waals surface area contributed by atoms with Crippen LogP contribution in [0.25, 0.3) is 0 Å². The van der Waals surface area contributed by atoms with Gasteiger partial charge in [-0.05, 0) is 36.3 Å². The number of carbonyl (C=O) groups is 1. The highest BCUT2D eigenvalue weighted by Gasteiger charge is 2.23. The highest BCUT2D eigenvalue weighted by Crippen LogP contribution is 2.38. The fourth-order valence-corrected chi connectivity index (χ4v) is 4.74. The number of carbonyl (C=O) groups excluding carboxylic acids is 1. The molecule has 0 saturated heterocycles. The summed E-state index contributed by atoms with van der Waals surface area (Å²) in [5.41, 5.74) is 4.39. The van der Waals surface area contributed by atoms with Crippen LogP contribution in [0.15, 0.2) is 24.3 Å². The molecule has 1 aromatic heterocycles. The zero-order valence-corrected chi connectivity index (χ0v) is 16.5. The Kier molecular flexibility index (Phi) is 5.75. The van der Waals surface area contributed by atoms with E-state index in [4.69, 9.17) is 0 Å². The lowest BCUT2D eigenvalue weighted by Crippen LogP contribution is -3.08. The number of anilines is 1. The van der Waals surface area contributed by atoms with Crippen molar-refractivity contribution >= 4 is 22.2 Å². The number of thiophene rings is 1. The SMILES string of the molecule is CC(C)c1ccc(C[NH+](C)CC(=O)Nc2sc3c(c2C#N)CCC3)cc1. The Bertz CT molecular complexity index is 830. The van der Waals surface area contributed by atoms with Crippen LogP contribution < -0.4 is 10.2 Å². The number of nitriles is 1. The summed E-state index contributed by atoms with van der Waals surface area (Å²) in [7, 11) is 2.02. The Balaban J connectivity index is 1.57. The minimum Gasteiger partial charge on any atom is -0.326 e. The molecule has 0 fully saturated rings. The first-order valence-corrected chi connectivity index (χ1v) is 10.0. The number of likely N-dealkylation sites (N-methyl/N-ethyl adjacent to an activating group) is 1. The van der Waals surface area contributed by atoms with Crippen molar-refractivity contribution in [1.82, 2.24) is 0 Å². The molecule has 1 aromatic carbocycles. The number of amides is 1. The van der Waals surface area contributed by atoms with Gasteiger partial charge in [-0.15, -0.1) is 11.3 Å². The molecule has 1 unspecified atom stereocenters. The topological polar surface area (TPSA) is 57.3 Å². The number of nitrogens with zero attached hydrogens (tertiary/aromatic N) is 1. The van der Waals surface area contributed by atoms with Crippen LogP contribution in [0.2, 0.25) is 0 Å². The Morgan fingerprint density at radius 1 is 1.31 bits per heavy atom. The van der Waals surface area contributed by atoms with E-state index in [0.29, 0.717) is 18.0 Å². The standard InChI is InChI=1S/C21H25N3OS/c1-14(2)16-9-7-15(8-10-16)12-24(3)13-20(25)23-21-18(11-22)17-5-4-6-19(17)26-21/h7-10,14H,4-6,12-13H2,1-3H3,(H,23,25)/p+1. The van der Waals surface area contributed by atoms with Gasteiger partial charge in [0.05, 0.1) is 12.6 Å². The highest BCUT2D eigenvalue weighted by atomic mass is 32.1. The number of aryl methyl sites for hydroxylation is 1.